The molecule has 1 aliphatic carbocycles. The lowest BCUT2D eigenvalue weighted by molar-refractivity contribution is 0.652. The van der Waals surface area contributed by atoms with Crippen LogP contribution in [0.4, 0.5) is 0 Å². The largest absolute Gasteiger partial charge is 0.310 e. The molecule has 0 bridgehead atoms. The van der Waals surface area contributed by atoms with Gasteiger partial charge >= 0.3 is 0 Å². The first-order valence-electron chi connectivity index (χ1n) is 8.01. The first-order chi connectivity index (χ1) is 10.2. The Morgan fingerprint density at radius 2 is 1.81 bits per heavy atom. The van der Waals surface area contributed by atoms with Gasteiger partial charge in [-0.15, -0.1) is 0 Å². The van der Waals surface area contributed by atoms with E-state index in [0.29, 0.717) is 0 Å². The molecule has 3 rings (SSSR count). The lowest BCUT2D eigenvalue weighted by atomic mass is 10.1. The second-order valence-corrected chi connectivity index (χ2v) is 6.13. The van der Waals surface area contributed by atoms with E-state index in [1.165, 1.54) is 35.2 Å². The molecule has 1 aromatic heterocycles. The zero-order valence-electron chi connectivity index (χ0n) is 13.3. The SMILES string of the molecule is CCc1ccc(Cn2nc(C)c(CNC3CC3)c2C)cc1. The molecule has 21 heavy (non-hydrogen) atoms. The van der Waals surface area contributed by atoms with Gasteiger partial charge in [0, 0.05) is 23.8 Å². The number of aryl methyl sites for hydroxylation is 2. The summed E-state index contributed by atoms with van der Waals surface area (Å²) in [5.41, 5.74) is 6.53. The van der Waals surface area contributed by atoms with Crippen LogP contribution in [0.3, 0.4) is 0 Å². The van der Waals surface area contributed by atoms with Crippen molar-refractivity contribution in [1.29, 1.82) is 0 Å². The van der Waals surface area contributed by atoms with Gasteiger partial charge in [-0.2, -0.15) is 5.10 Å². The molecule has 0 radical (unpaired) electrons. The molecule has 3 heteroatoms. The molecule has 0 saturated heterocycles. The number of nitrogens with one attached hydrogen (secondary N) is 1. The van der Waals surface area contributed by atoms with Crippen LogP contribution < -0.4 is 5.32 Å². The Balaban J connectivity index is 1.73. The summed E-state index contributed by atoms with van der Waals surface area (Å²) in [6.07, 6.45) is 3.75. The van der Waals surface area contributed by atoms with Crippen molar-refractivity contribution in [2.75, 3.05) is 0 Å². The zero-order chi connectivity index (χ0) is 14.8. The van der Waals surface area contributed by atoms with Crippen LogP contribution in [0.25, 0.3) is 0 Å². The Labute approximate surface area is 127 Å². The molecule has 1 aliphatic rings. The maximum Gasteiger partial charge on any atom is 0.0662 e. The fourth-order valence-electron chi connectivity index (χ4n) is 2.73. The highest BCUT2D eigenvalue weighted by atomic mass is 15.3. The highest BCUT2D eigenvalue weighted by molar-refractivity contribution is 5.27. The Bertz CT molecular complexity index is 606. The van der Waals surface area contributed by atoms with Crippen molar-refractivity contribution in [3.05, 3.63) is 52.3 Å². The second kappa shape index (κ2) is 6.02. The predicted octanol–water partition coefficient (Wildman–Crippen LogP) is 3.36. The van der Waals surface area contributed by atoms with Gasteiger partial charge < -0.3 is 5.32 Å². The molecule has 0 amide bonds. The molecule has 1 saturated carbocycles. The Morgan fingerprint density at radius 1 is 1.14 bits per heavy atom. The maximum absolute atomic E-state index is 4.72. The number of hydrogen-bond donors (Lipinski definition) is 1. The third-order valence-corrected chi connectivity index (χ3v) is 4.44. The molecule has 0 aliphatic heterocycles. The van der Waals surface area contributed by atoms with E-state index in [0.717, 1.165) is 31.2 Å². The van der Waals surface area contributed by atoms with Crippen LogP contribution in [-0.4, -0.2) is 15.8 Å². The van der Waals surface area contributed by atoms with E-state index in [-0.39, 0.29) is 0 Å². The molecule has 0 atom stereocenters. The Hall–Kier alpha value is -1.61. The molecule has 0 spiro atoms. The first-order valence-corrected chi connectivity index (χ1v) is 8.01. The minimum absolute atomic E-state index is 0.744. The molecule has 0 unspecified atom stereocenters. The molecular weight excluding hydrogens is 258 g/mol. The smallest absolute Gasteiger partial charge is 0.0662 e. The van der Waals surface area contributed by atoms with Gasteiger partial charge in [-0.3, -0.25) is 4.68 Å². The topological polar surface area (TPSA) is 29.9 Å². The Morgan fingerprint density at radius 3 is 2.43 bits per heavy atom. The monoisotopic (exact) mass is 283 g/mol. The van der Waals surface area contributed by atoms with Crippen LogP contribution in [0.1, 0.15) is 47.8 Å². The highest BCUT2D eigenvalue weighted by Crippen LogP contribution is 2.21. The summed E-state index contributed by atoms with van der Waals surface area (Å²) in [7, 11) is 0. The van der Waals surface area contributed by atoms with Crippen LogP contribution in [0.2, 0.25) is 0 Å². The van der Waals surface area contributed by atoms with Crippen LogP contribution in [0, 0.1) is 13.8 Å². The first kappa shape index (κ1) is 14.3. The van der Waals surface area contributed by atoms with E-state index >= 15 is 0 Å². The van der Waals surface area contributed by atoms with Crippen molar-refractivity contribution in [3.63, 3.8) is 0 Å². The summed E-state index contributed by atoms with van der Waals surface area (Å²) in [4.78, 5) is 0. The lowest BCUT2D eigenvalue weighted by Crippen LogP contribution is -2.16. The van der Waals surface area contributed by atoms with Gasteiger partial charge in [0.25, 0.3) is 0 Å². The minimum atomic E-state index is 0.744. The molecular formula is C18H25N3. The summed E-state index contributed by atoms with van der Waals surface area (Å²) in [6.45, 7) is 8.31. The number of rotatable bonds is 6. The average Bonchev–Trinajstić information content (AvgIpc) is 3.27. The van der Waals surface area contributed by atoms with Crippen LogP contribution in [0.15, 0.2) is 24.3 Å². The van der Waals surface area contributed by atoms with E-state index < -0.39 is 0 Å². The van der Waals surface area contributed by atoms with Crippen LogP contribution in [-0.2, 0) is 19.5 Å². The van der Waals surface area contributed by atoms with Gasteiger partial charge in [-0.25, -0.2) is 0 Å². The maximum atomic E-state index is 4.72. The van der Waals surface area contributed by atoms with Crippen molar-refractivity contribution in [1.82, 2.24) is 15.1 Å². The molecule has 3 nitrogen and oxygen atoms in total. The normalized spacial score (nSPS) is 14.6. The van der Waals surface area contributed by atoms with Crippen LogP contribution >= 0.6 is 0 Å². The fourth-order valence-corrected chi connectivity index (χ4v) is 2.73. The summed E-state index contributed by atoms with van der Waals surface area (Å²) >= 11 is 0. The fraction of sp³-hybridized carbons (Fsp3) is 0.500. The summed E-state index contributed by atoms with van der Waals surface area (Å²) in [5.74, 6) is 0. The predicted molar refractivity (Wildman–Crippen MR) is 86.5 cm³/mol. The molecule has 112 valence electrons. The van der Waals surface area contributed by atoms with Crippen molar-refractivity contribution in [2.45, 2.75) is 59.2 Å². The molecule has 1 aromatic carbocycles. The van der Waals surface area contributed by atoms with Crippen molar-refractivity contribution in [3.8, 4) is 0 Å². The third kappa shape index (κ3) is 3.35. The standard InChI is InChI=1S/C18H25N3/c1-4-15-5-7-16(8-6-15)12-21-14(3)18(13(2)20-21)11-19-17-9-10-17/h5-8,17,19H,4,9-12H2,1-3H3. The third-order valence-electron chi connectivity index (χ3n) is 4.44. The van der Waals surface area contributed by atoms with Crippen molar-refractivity contribution < 1.29 is 0 Å². The Kier molecular flexibility index (Phi) is 4.11. The number of hydrogen-bond acceptors (Lipinski definition) is 2. The van der Waals surface area contributed by atoms with E-state index in [4.69, 9.17) is 5.10 Å². The number of benzene rings is 1. The molecule has 2 aromatic rings. The van der Waals surface area contributed by atoms with Gasteiger partial charge in [-0.1, -0.05) is 31.2 Å². The average molecular weight is 283 g/mol. The zero-order valence-corrected chi connectivity index (χ0v) is 13.3. The number of aromatic nitrogens is 2. The summed E-state index contributed by atoms with van der Waals surface area (Å²) in [6, 6.07) is 9.62. The van der Waals surface area contributed by atoms with Gasteiger partial charge in [0.05, 0.1) is 12.2 Å². The lowest BCUT2D eigenvalue weighted by Gasteiger charge is -2.07. The van der Waals surface area contributed by atoms with E-state index in [1.807, 2.05) is 0 Å². The quantitative estimate of drug-likeness (QED) is 0.881. The van der Waals surface area contributed by atoms with Crippen molar-refractivity contribution >= 4 is 0 Å². The molecule has 1 fully saturated rings. The minimum Gasteiger partial charge on any atom is -0.310 e. The summed E-state index contributed by atoms with van der Waals surface area (Å²) in [5, 5.41) is 8.32. The van der Waals surface area contributed by atoms with Gasteiger partial charge in [0.2, 0.25) is 0 Å². The van der Waals surface area contributed by atoms with E-state index in [1.54, 1.807) is 0 Å². The highest BCUT2D eigenvalue weighted by Gasteiger charge is 2.21. The second-order valence-electron chi connectivity index (χ2n) is 6.13. The molecule has 1 heterocycles. The van der Waals surface area contributed by atoms with E-state index in [2.05, 4.69) is 55.0 Å². The summed E-state index contributed by atoms with van der Waals surface area (Å²) < 4.78 is 2.14. The van der Waals surface area contributed by atoms with Crippen molar-refractivity contribution in [2.24, 2.45) is 0 Å². The molecule has 1 N–H and O–H groups in total. The van der Waals surface area contributed by atoms with Gasteiger partial charge in [0.15, 0.2) is 0 Å². The van der Waals surface area contributed by atoms with Gasteiger partial charge in [0.1, 0.15) is 0 Å². The van der Waals surface area contributed by atoms with E-state index in [9.17, 15) is 0 Å². The number of nitrogens with zero attached hydrogens (tertiary/aromatic N) is 2. The van der Waals surface area contributed by atoms with Gasteiger partial charge in [-0.05, 0) is 44.2 Å². The van der Waals surface area contributed by atoms with Crippen LogP contribution in [0.5, 0.6) is 0 Å².